The molecule has 2 rings (SSSR count). The standard InChI is InChI=1S/C23H30O6/c1-2-22(25)28-16-6-4-3-5-15-27-20-11-13-21(14-12-20)29-23(26)19-9-7-18(17-24)8-10-19/h2,11-14,17-19H,1,3-10,15-16H2/t18-,19+. The Hall–Kier alpha value is -2.63. The van der Waals surface area contributed by atoms with Crippen molar-refractivity contribution in [2.75, 3.05) is 13.2 Å². The van der Waals surface area contributed by atoms with Gasteiger partial charge in [-0.25, -0.2) is 4.79 Å². The molecule has 0 bridgehead atoms. The topological polar surface area (TPSA) is 78.9 Å². The summed E-state index contributed by atoms with van der Waals surface area (Å²) in [6.45, 7) is 4.37. The molecule has 0 spiro atoms. The third-order valence-electron chi connectivity index (χ3n) is 5.06. The third kappa shape index (κ3) is 8.50. The van der Waals surface area contributed by atoms with Gasteiger partial charge in [-0.1, -0.05) is 6.58 Å². The lowest BCUT2D eigenvalue weighted by atomic mass is 9.83. The summed E-state index contributed by atoms with van der Waals surface area (Å²) in [5, 5.41) is 0. The zero-order valence-electron chi connectivity index (χ0n) is 16.8. The van der Waals surface area contributed by atoms with Crippen molar-refractivity contribution < 1.29 is 28.6 Å². The Morgan fingerprint density at radius 2 is 1.55 bits per heavy atom. The van der Waals surface area contributed by atoms with Crippen molar-refractivity contribution in [2.24, 2.45) is 11.8 Å². The minimum atomic E-state index is -0.382. The first-order chi connectivity index (χ1) is 14.1. The van der Waals surface area contributed by atoms with Gasteiger partial charge in [-0.15, -0.1) is 0 Å². The summed E-state index contributed by atoms with van der Waals surface area (Å²) in [4.78, 5) is 33.9. The van der Waals surface area contributed by atoms with E-state index in [-0.39, 0.29) is 23.8 Å². The molecule has 0 radical (unpaired) electrons. The van der Waals surface area contributed by atoms with Crippen molar-refractivity contribution in [3.8, 4) is 11.5 Å². The van der Waals surface area contributed by atoms with E-state index in [1.807, 2.05) is 0 Å². The molecular formula is C23H30O6. The molecule has 6 heteroatoms. The summed E-state index contributed by atoms with van der Waals surface area (Å²) in [5.41, 5.74) is 0. The molecule has 0 heterocycles. The lowest BCUT2D eigenvalue weighted by Crippen LogP contribution is -2.26. The predicted molar refractivity (Wildman–Crippen MR) is 109 cm³/mol. The first kappa shape index (κ1) is 22.7. The van der Waals surface area contributed by atoms with E-state index in [9.17, 15) is 14.4 Å². The van der Waals surface area contributed by atoms with Crippen LogP contribution in [0, 0.1) is 11.8 Å². The molecule has 0 N–H and O–H groups in total. The lowest BCUT2D eigenvalue weighted by molar-refractivity contribution is -0.140. The fourth-order valence-corrected chi connectivity index (χ4v) is 3.27. The van der Waals surface area contributed by atoms with Crippen molar-refractivity contribution in [1.82, 2.24) is 0 Å². The molecule has 0 aliphatic heterocycles. The van der Waals surface area contributed by atoms with Crippen molar-refractivity contribution in [1.29, 1.82) is 0 Å². The highest BCUT2D eigenvalue weighted by Gasteiger charge is 2.27. The van der Waals surface area contributed by atoms with Gasteiger partial charge in [0.15, 0.2) is 0 Å². The first-order valence-corrected chi connectivity index (χ1v) is 10.3. The average Bonchev–Trinajstić information content (AvgIpc) is 2.76. The summed E-state index contributed by atoms with van der Waals surface area (Å²) < 4.78 is 16.1. The monoisotopic (exact) mass is 402 g/mol. The molecule has 6 nitrogen and oxygen atoms in total. The fourth-order valence-electron chi connectivity index (χ4n) is 3.27. The molecule has 0 amide bonds. The van der Waals surface area contributed by atoms with Crippen molar-refractivity contribution in [3.63, 3.8) is 0 Å². The van der Waals surface area contributed by atoms with Crippen LogP contribution in [0.4, 0.5) is 0 Å². The van der Waals surface area contributed by atoms with E-state index in [2.05, 4.69) is 6.58 Å². The molecular weight excluding hydrogens is 372 g/mol. The Morgan fingerprint density at radius 1 is 0.931 bits per heavy atom. The largest absolute Gasteiger partial charge is 0.494 e. The molecule has 1 aliphatic rings. The van der Waals surface area contributed by atoms with Crippen LogP contribution < -0.4 is 9.47 Å². The Labute approximate surface area is 172 Å². The SMILES string of the molecule is C=CC(=O)OCCCCCCOc1ccc(OC(=O)[C@H]2CC[C@@H](C=O)CC2)cc1. The van der Waals surface area contributed by atoms with E-state index in [4.69, 9.17) is 14.2 Å². The average molecular weight is 402 g/mol. The number of carbonyl (C=O) groups excluding carboxylic acids is 3. The number of ether oxygens (including phenoxy) is 3. The van der Waals surface area contributed by atoms with Crippen molar-refractivity contribution in [2.45, 2.75) is 51.4 Å². The van der Waals surface area contributed by atoms with Gasteiger partial charge >= 0.3 is 11.9 Å². The number of rotatable bonds is 12. The molecule has 0 atom stereocenters. The lowest BCUT2D eigenvalue weighted by Gasteiger charge is -2.23. The maximum atomic E-state index is 12.2. The van der Waals surface area contributed by atoms with Crippen LogP contribution in [0.5, 0.6) is 11.5 Å². The van der Waals surface area contributed by atoms with Gasteiger partial charge in [0.2, 0.25) is 0 Å². The van der Waals surface area contributed by atoms with E-state index >= 15 is 0 Å². The van der Waals surface area contributed by atoms with Gasteiger partial charge < -0.3 is 19.0 Å². The first-order valence-electron chi connectivity index (χ1n) is 10.3. The second-order valence-corrected chi connectivity index (χ2v) is 7.27. The molecule has 0 unspecified atom stereocenters. The third-order valence-corrected chi connectivity index (χ3v) is 5.06. The van der Waals surface area contributed by atoms with E-state index < -0.39 is 0 Å². The maximum absolute atomic E-state index is 12.2. The van der Waals surface area contributed by atoms with Crippen LogP contribution in [0.25, 0.3) is 0 Å². The minimum Gasteiger partial charge on any atom is -0.494 e. The number of hydrogen-bond acceptors (Lipinski definition) is 6. The molecule has 0 saturated heterocycles. The second kappa shape index (κ2) is 12.8. The zero-order chi connectivity index (χ0) is 20.9. The molecule has 1 fully saturated rings. The van der Waals surface area contributed by atoms with Gasteiger partial charge in [0, 0.05) is 12.0 Å². The molecule has 1 saturated carbocycles. The quantitative estimate of drug-likeness (QED) is 0.171. The Morgan fingerprint density at radius 3 is 2.17 bits per heavy atom. The van der Waals surface area contributed by atoms with Crippen LogP contribution in [0.2, 0.25) is 0 Å². The highest BCUT2D eigenvalue weighted by molar-refractivity contribution is 5.81. The normalized spacial score (nSPS) is 18.5. The van der Waals surface area contributed by atoms with Crippen molar-refractivity contribution in [3.05, 3.63) is 36.9 Å². The van der Waals surface area contributed by atoms with E-state index in [0.717, 1.165) is 50.6 Å². The van der Waals surface area contributed by atoms with Crippen LogP contribution in [-0.4, -0.2) is 31.4 Å². The molecule has 1 aromatic rings. The summed E-state index contributed by atoms with van der Waals surface area (Å²) in [6, 6.07) is 7.05. The molecule has 29 heavy (non-hydrogen) atoms. The van der Waals surface area contributed by atoms with E-state index in [1.165, 1.54) is 6.08 Å². The van der Waals surface area contributed by atoms with Gasteiger partial charge in [-0.2, -0.15) is 0 Å². The Kier molecular flexibility index (Phi) is 9.96. The van der Waals surface area contributed by atoms with Gasteiger partial charge in [0.1, 0.15) is 17.8 Å². The molecule has 0 aromatic heterocycles. The number of benzene rings is 1. The number of hydrogen-bond donors (Lipinski definition) is 0. The molecule has 1 aromatic carbocycles. The van der Waals surface area contributed by atoms with Gasteiger partial charge in [0.25, 0.3) is 0 Å². The van der Waals surface area contributed by atoms with Crippen LogP contribution in [0.1, 0.15) is 51.4 Å². The smallest absolute Gasteiger partial charge is 0.330 e. The minimum absolute atomic E-state index is 0.0882. The zero-order valence-corrected chi connectivity index (χ0v) is 16.8. The number of aldehydes is 1. The maximum Gasteiger partial charge on any atom is 0.330 e. The van der Waals surface area contributed by atoms with Crippen LogP contribution >= 0.6 is 0 Å². The van der Waals surface area contributed by atoms with E-state index in [0.29, 0.717) is 31.8 Å². The predicted octanol–water partition coefficient (Wildman–Crippen LogP) is 4.27. The van der Waals surface area contributed by atoms with Crippen LogP contribution in [0.15, 0.2) is 36.9 Å². The molecule has 158 valence electrons. The number of esters is 2. The fraction of sp³-hybridized carbons (Fsp3) is 0.522. The van der Waals surface area contributed by atoms with Crippen LogP contribution in [-0.2, 0) is 19.1 Å². The number of unbranched alkanes of at least 4 members (excludes halogenated alkanes) is 3. The van der Waals surface area contributed by atoms with Gasteiger partial charge in [-0.3, -0.25) is 4.79 Å². The summed E-state index contributed by atoms with van der Waals surface area (Å²) >= 11 is 0. The molecule has 1 aliphatic carbocycles. The van der Waals surface area contributed by atoms with Gasteiger partial charge in [-0.05, 0) is 75.6 Å². The van der Waals surface area contributed by atoms with Crippen molar-refractivity contribution >= 4 is 18.2 Å². The van der Waals surface area contributed by atoms with E-state index in [1.54, 1.807) is 24.3 Å². The Balaban J connectivity index is 1.58. The highest BCUT2D eigenvalue weighted by Crippen LogP contribution is 2.29. The summed E-state index contributed by atoms with van der Waals surface area (Å²) in [5.74, 6) is 0.604. The summed E-state index contributed by atoms with van der Waals surface area (Å²) in [7, 11) is 0. The van der Waals surface area contributed by atoms with Gasteiger partial charge in [0.05, 0.1) is 19.1 Å². The number of carbonyl (C=O) groups is 3. The van der Waals surface area contributed by atoms with Crippen LogP contribution in [0.3, 0.4) is 0 Å². The highest BCUT2D eigenvalue weighted by atomic mass is 16.5. The second-order valence-electron chi connectivity index (χ2n) is 7.27. The summed E-state index contributed by atoms with van der Waals surface area (Å²) in [6.07, 6.45) is 8.80. The Bertz CT molecular complexity index is 658.